The van der Waals surface area contributed by atoms with Gasteiger partial charge in [-0.05, 0) is 32.1 Å². The fourth-order valence-corrected chi connectivity index (χ4v) is 2.85. The summed E-state index contributed by atoms with van der Waals surface area (Å²) in [7, 11) is 1.80. The molecule has 0 aromatic rings. The van der Waals surface area contributed by atoms with E-state index in [0.717, 1.165) is 19.3 Å². The molecular weight excluding hydrogens is 248 g/mol. The third kappa shape index (κ3) is 3.59. The maximum absolute atomic E-state index is 12.1. The molecule has 6 nitrogen and oxygen atoms in total. The number of nitrogens with one attached hydrogen (secondary N) is 1. The number of aliphatic carboxylic acids is 1. The molecule has 1 heterocycles. The summed E-state index contributed by atoms with van der Waals surface area (Å²) in [5.74, 6) is -1.06. The van der Waals surface area contributed by atoms with Crippen LogP contribution in [0.15, 0.2) is 0 Å². The molecule has 0 unspecified atom stereocenters. The normalized spacial score (nSPS) is 28.1. The van der Waals surface area contributed by atoms with Crippen LogP contribution in [0.2, 0.25) is 0 Å². The summed E-state index contributed by atoms with van der Waals surface area (Å²) in [6.45, 7) is 1.40. The number of nitrogens with zero attached hydrogens (tertiary/aromatic N) is 1. The summed E-state index contributed by atoms with van der Waals surface area (Å²) >= 11 is 0. The quantitative estimate of drug-likeness (QED) is 0.803. The maximum atomic E-state index is 12.1. The second kappa shape index (κ2) is 6.23. The summed E-state index contributed by atoms with van der Waals surface area (Å²) in [6.07, 6.45) is 3.69. The van der Waals surface area contributed by atoms with Crippen LogP contribution in [0.5, 0.6) is 0 Å². The predicted molar refractivity (Wildman–Crippen MR) is 68.9 cm³/mol. The van der Waals surface area contributed by atoms with Crippen LogP contribution in [0.1, 0.15) is 32.1 Å². The Hall–Kier alpha value is -1.30. The molecule has 0 bridgehead atoms. The molecule has 19 heavy (non-hydrogen) atoms. The van der Waals surface area contributed by atoms with E-state index in [1.807, 2.05) is 0 Å². The van der Waals surface area contributed by atoms with E-state index < -0.39 is 5.97 Å². The highest BCUT2D eigenvalue weighted by Gasteiger charge is 2.32. The predicted octanol–water partition coefficient (Wildman–Crippen LogP) is 1.06. The molecule has 0 spiro atoms. The summed E-state index contributed by atoms with van der Waals surface area (Å²) in [6, 6.07) is 0.129. The lowest BCUT2D eigenvalue weighted by molar-refractivity contribution is -0.141. The molecular formula is C13H22N2O4. The van der Waals surface area contributed by atoms with Gasteiger partial charge in [-0.15, -0.1) is 0 Å². The molecule has 1 saturated carbocycles. The number of rotatable bonds is 3. The van der Waals surface area contributed by atoms with Gasteiger partial charge in [-0.25, -0.2) is 4.79 Å². The topological polar surface area (TPSA) is 78.9 Å². The standard InChI is InChI=1S/C13H22N2O4/c1-15(11-4-6-19-7-5-11)13(18)14-10-3-2-9(8-10)12(16)17/h9-11H,2-8H2,1H3,(H,14,18)(H,16,17)/t9-,10+/m1/s1. The third-order valence-corrected chi connectivity index (χ3v) is 4.17. The fourth-order valence-electron chi connectivity index (χ4n) is 2.85. The van der Waals surface area contributed by atoms with Gasteiger partial charge in [-0.2, -0.15) is 0 Å². The first kappa shape index (κ1) is 14.1. The van der Waals surface area contributed by atoms with E-state index in [0.29, 0.717) is 26.1 Å². The number of ether oxygens (including phenoxy) is 1. The smallest absolute Gasteiger partial charge is 0.317 e. The molecule has 2 atom stereocenters. The van der Waals surface area contributed by atoms with Gasteiger partial charge in [0.05, 0.1) is 5.92 Å². The number of carbonyl (C=O) groups is 2. The highest BCUT2D eigenvalue weighted by molar-refractivity contribution is 5.75. The van der Waals surface area contributed by atoms with E-state index in [4.69, 9.17) is 9.84 Å². The van der Waals surface area contributed by atoms with Crippen molar-refractivity contribution in [3.8, 4) is 0 Å². The van der Waals surface area contributed by atoms with Crippen molar-refractivity contribution in [1.82, 2.24) is 10.2 Å². The Bertz CT molecular complexity index is 342. The summed E-state index contributed by atoms with van der Waals surface area (Å²) in [5.41, 5.74) is 0. The highest BCUT2D eigenvalue weighted by atomic mass is 16.5. The van der Waals surface area contributed by atoms with E-state index in [1.54, 1.807) is 11.9 Å². The number of hydrogen-bond acceptors (Lipinski definition) is 3. The minimum atomic E-state index is -0.755. The molecule has 0 radical (unpaired) electrons. The highest BCUT2D eigenvalue weighted by Crippen LogP contribution is 2.26. The third-order valence-electron chi connectivity index (χ3n) is 4.17. The zero-order chi connectivity index (χ0) is 13.8. The number of urea groups is 1. The van der Waals surface area contributed by atoms with Crippen LogP contribution in [0.3, 0.4) is 0 Å². The second-order valence-corrected chi connectivity index (χ2v) is 5.45. The van der Waals surface area contributed by atoms with Crippen molar-refractivity contribution in [2.24, 2.45) is 5.92 Å². The zero-order valence-electron chi connectivity index (χ0n) is 11.3. The lowest BCUT2D eigenvalue weighted by Gasteiger charge is -2.32. The van der Waals surface area contributed by atoms with Crippen LogP contribution >= 0.6 is 0 Å². The Labute approximate surface area is 113 Å². The number of hydrogen-bond donors (Lipinski definition) is 2. The van der Waals surface area contributed by atoms with E-state index in [9.17, 15) is 9.59 Å². The first-order valence-corrected chi connectivity index (χ1v) is 6.92. The average Bonchev–Trinajstić information content (AvgIpc) is 2.87. The summed E-state index contributed by atoms with van der Waals surface area (Å²) in [4.78, 5) is 24.7. The molecule has 1 aliphatic carbocycles. The summed E-state index contributed by atoms with van der Waals surface area (Å²) < 4.78 is 5.28. The van der Waals surface area contributed by atoms with Gasteiger partial charge in [0.1, 0.15) is 0 Å². The van der Waals surface area contributed by atoms with E-state index in [-0.39, 0.29) is 24.0 Å². The lowest BCUT2D eigenvalue weighted by Crippen LogP contribution is -2.48. The molecule has 2 fully saturated rings. The molecule has 2 N–H and O–H groups in total. The Morgan fingerprint density at radius 3 is 2.47 bits per heavy atom. The Balaban J connectivity index is 1.79. The van der Waals surface area contributed by atoms with Crippen LogP contribution in [0.25, 0.3) is 0 Å². The first-order valence-electron chi connectivity index (χ1n) is 6.92. The van der Waals surface area contributed by atoms with Crippen LogP contribution in [-0.2, 0) is 9.53 Å². The largest absolute Gasteiger partial charge is 0.481 e. The van der Waals surface area contributed by atoms with Gasteiger partial charge in [0.15, 0.2) is 0 Å². The molecule has 2 rings (SSSR count). The van der Waals surface area contributed by atoms with Crippen molar-refractivity contribution in [1.29, 1.82) is 0 Å². The van der Waals surface area contributed by atoms with Gasteiger partial charge < -0.3 is 20.1 Å². The van der Waals surface area contributed by atoms with Crippen molar-refractivity contribution in [3.63, 3.8) is 0 Å². The molecule has 108 valence electrons. The number of carbonyl (C=O) groups excluding carboxylic acids is 1. The molecule has 6 heteroatoms. The van der Waals surface area contributed by atoms with E-state index >= 15 is 0 Å². The van der Waals surface area contributed by atoms with Gasteiger partial charge in [0, 0.05) is 32.3 Å². The van der Waals surface area contributed by atoms with Crippen molar-refractivity contribution >= 4 is 12.0 Å². The van der Waals surface area contributed by atoms with Gasteiger partial charge >= 0.3 is 12.0 Å². The molecule has 2 amide bonds. The Morgan fingerprint density at radius 1 is 1.21 bits per heavy atom. The Morgan fingerprint density at radius 2 is 1.89 bits per heavy atom. The van der Waals surface area contributed by atoms with Crippen LogP contribution in [-0.4, -0.2) is 54.4 Å². The molecule has 1 saturated heterocycles. The van der Waals surface area contributed by atoms with Gasteiger partial charge in [0.25, 0.3) is 0 Å². The van der Waals surface area contributed by atoms with Crippen molar-refractivity contribution in [2.75, 3.05) is 20.3 Å². The number of amides is 2. The molecule has 0 aromatic heterocycles. The van der Waals surface area contributed by atoms with Crippen molar-refractivity contribution in [3.05, 3.63) is 0 Å². The molecule has 1 aliphatic heterocycles. The van der Waals surface area contributed by atoms with Crippen LogP contribution < -0.4 is 5.32 Å². The first-order chi connectivity index (χ1) is 9.08. The SMILES string of the molecule is CN(C(=O)N[C@H]1CC[C@@H](C(=O)O)C1)C1CCOCC1. The van der Waals surface area contributed by atoms with Crippen LogP contribution in [0.4, 0.5) is 4.79 Å². The average molecular weight is 270 g/mol. The zero-order valence-corrected chi connectivity index (χ0v) is 11.3. The lowest BCUT2D eigenvalue weighted by atomic mass is 10.1. The van der Waals surface area contributed by atoms with E-state index in [2.05, 4.69) is 5.32 Å². The monoisotopic (exact) mass is 270 g/mol. The van der Waals surface area contributed by atoms with Crippen molar-refractivity contribution in [2.45, 2.75) is 44.2 Å². The second-order valence-electron chi connectivity index (χ2n) is 5.45. The minimum absolute atomic E-state index is 0.00381. The van der Waals surface area contributed by atoms with E-state index in [1.165, 1.54) is 0 Å². The van der Waals surface area contributed by atoms with Crippen molar-refractivity contribution < 1.29 is 19.4 Å². The fraction of sp³-hybridized carbons (Fsp3) is 0.846. The minimum Gasteiger partial charge on any atom is -0.481 e. The van der Waals surface area contributed by atoms with Gasteiger partial charge in [-0.3, -0.25) is 4.79 Å². The van der Waals surface area contributed by atoms with Gasteiger partial charge in [0.2, 0.25) is 0 Å². The Kier molecular flexibility index (Phi) is 4.63. The number of carboxylic acid groups (broad SMARTS) is 1. The van der Waals surface area contributed by atoms with Crippen LogP contribution in [0, 0.1) is 5.92 Å². The summed E-state index contributed by atoms with van der Waals surface area (Å²) in [5, 5.41) is 11.9. The van der Waals surface area contributed by atoms with Gasteiger partial charge in [-0.1, -0.05) is 0 Å². The molecule has 2 aliphatic rings. The maximum Gasteiger partial charge on any atom is 0.317 e. The number of carboxylic acids is 1. The molecule has 0 aromatic carbocycles.